The van der Waals surface area contributed by atoms with Crippen LogP contribution in [-0.2, 0) is 9.53 Å². The van der Waals surface area contributed by atoms with Crippen LogP contribution in [0, 0.1) is 3.70 Å². The minimum Gasteiger partial charge on any atom is -0.473 e. The predicted molar refractivity (Wildman–Crippen MR) is 73.3 cm³/mol. The van der Waals surface area contributed by atoms with Gasteiger partial charge < -0.3 is 9.47 Å². The van der Waals surface area contributed by atoms with Crippen molar-refractivity contribution in [1.82, 2.24) is 4.98 Å². The number of esters is 1. The molecule has 1 rings (SSSR count). The van der Waals surface area contributed by atoms with E-state index in [1.807, 2.05) is 22.6 Å². The Kier molecular flexibility index (Phi) is 5.00. The molecule has 0 aromatic carbocycles. The van der Waals surface area contributed by atoms with Crippen molar-refractivity contribution in [3.8, 4) is 5.75 Å². The van der Waals surface area contributed by atoms with E-state index < -0.39 is 11.6 Å². The van der Waals surface area contributed by atoms with E-state index in [1.165, 1.54) is 6.20 Å². The second-order valence-electron chi connectivity index (χ2n) is 3.78. The Morgan fingerprint density at radius 1 is 1.59 bits per heavy atom. The molecule has 0 unspecified atom stereocenters. The maximum atomic E-state index is 11.7. The van der Waals surface area contributed by atoms with Gasteiger partial charge in [0.2, 0.25) is 0 Å². The summed E-state index contributed by atoms with van der Waals surface area (Å²) in [6, 6.07) is 1.62. The number of carbonyl (C=O) groups excluding carboxylic acids is 1. The van der Waals surface area contributed by atoms with Gasteiger partial charge in [-0.2, -0.15) is 0 Å². The molecule has 0 aliphatic heterocycles. The van der Waals surface area contributed by atoms with Crippen molar-refractivity contribution in [2.75, 3.05) is 6.61 Å². The molecule has 0 radical (unpaired) electrons. The number of hydrogen-bond acceptors (Lipinski definition) is 4. The summed E-state index contributed by atoms with van der Waals surface area (Å²) in [4.78, 5) is 15.7. The molecule has 17 heavy (non-hydrogen) atoms. The van der Waals surface area contributed by atoms with E-state index in [0.29, 0.717) is 21.1 Å². The van der Waals surface area contributed by atoms with Crippen LogP contribution >= 0.6 is 34.2 Å². The van der Waals surface area contributed by atoms with Gasteiger partial charge in [-0.15, -0.1) is 0 Å². The van der Waals surface area contributed by atoms with Crippen molar-refractivity contribution in [2.45, 2.75) is 26.4 Å². The van der Waals surface area contributed by atoms with Crippen LogP contribution in [0.3, 0.4) is 0 Å². The predicted octanol–water partition coefficient (Wildman–Crippen LogP) is 3.06. The topological polar surface area (TPSA) is 48.4 Å². The highest BCUT2D eigenvalue weighted by atomic mass is 127. The Balaban J connectivity index is 2.89. The quantitative estimate of drug-likeness (QED) is 0.465. The number of hydrogen-bond donors (Lipinski definition) is 0. The molecule has 0 N–H and O–H groups in total. The average molecular weight is 370 g/mol. The van der Waals surface area contributed by atoms with Gasteiger partial charge in [-0.1, -0.05) is 11.6 Å². The summed E-state index contributed by atoms with van der Waals surface area (Å²) < 4.78 is 11.2. The maximum Gasteiger partial charge on any atom is 0.349 e. The monoisotopic (exact) mass is 369 g/mol. The Bertz CT molecular complexity index is 423. The highest BCUT2D eigenvalue weighted by molar-refractivity contribution is 14.1. The van der Waals surface area contributed by atoms with Crippen LogP contribution in [0.1, 0.15) is 20.8 Å². The number of ether oxygens (including phenoxy) is 2. The van der Waals surface area contributed by atoms with Gasteiger partial charge in [0.05, 0.1) is 11.6 Å². The van der Waals surface area contributed by atoms with Crippen molar-refractivity contribution in [1.29, 1.82) is 0 Å². The molecule has 94 valence electrons. The van der Waals surface area contributed by atoms with Gasteiger partial charge >= 0.3 is 5.97 Å². The number of pyridine rings is 1. The summed E-state index contributed by atoms with van der Waals surface area (Å²) in [6.07, 6.45) is 1.52. The number of nitrogens with zero attached hydrogens (tertiary/aromatic N) is 1. The lowest BCUT2D eigenvalue weighted by Gasteiger charge is -2.24. The van der Waals surface area contributed by atoms with Crippen LogP contribution in [0.4, 0.5) is 0 Å². The van der Waals surface area contributed by atoms with Crippen molar-refractivity contribution >= 4 is 40.2 Å². The number of aromatic nitrogens is 1. The fourth-order valence-corrected chi connectivity index (χ4v) is 1.65. The van der Waals surface area contributed by atoms with Crippen molar-refractivity contribution in [2.24, 2.45) is 0 Å². The standard InChI is InChI=1S/C11H13ClINO3/c1-4-16-10(15)11(2,3)17-8-5-7(12)6-14-9(8)13/h5-6H,4H2,1-3H3. The molecule has 0 aliphatic rings. The van der Waals surface area contributed by atoms with E-state index >= 15 is 0 Å². The van der Waals surface area contributed by atoms with E-state index in [0.717, 1.165) is 0 Å². The fraction of sp³-hybridized carbons (Fsp3) is 0.455. The lowest BCUT2D eigenvalue weighted by molar-refractivity contribution is -0.158. The van der Waals surface area contributed by atoms with Gasteiger partial charge in [0.15, 0.2) is 11.4 Å². The zero-order valence-electron chi connectivity index (χ0n) is 9.79. The fourth-order valence-electron chi connectivity index (χ4n) is 1.10. The third-order valence-corrected chi connectivity index (χ3v) is 2.92. The summed E-state index contributed by atoms with van der Waals surface area (Å²) in [5.41, 5.74) is -1.07. The van der Waals surface area contributed by atoms with Crippen LogP contribution in [0.15, 0.2) is 12.3 Å². The average Bonchev–Trinajstić information content (AvgIpc) is 2.23. The lowest BCUT2D eigenvalue weighted by atomic mass is 10.1. The largest absolute Gasteiger partial charge is 0.473 e. The third-order valence-electron chi connectivity index (χ3n) is 1.91. The highest BCUT2D eigenvalue weighted by Crippen LogP contribution is 2.26. The molecule has 0 aliphatic carbocycles. The first-order valence-electron chi connectivity index (χ1n) is 5.04. The molecule has 0 saturated heterocycles. The van der Waals surface area contributed by atoms with Crippen LogP contribution in [0.2, 0.25) is 5.02 Å². The normalized spacial score (nSPS) is 11.1. The molecule has 0 amide bonds. The maximum absolute atomic E-state index is 11.7. The number of rotatable bonds is 4. The zero-order chi connectivity index (χ0) is 13.1. The smallest absolute Gasteiger partial charge is 0.349 e. The molecule has 1 aromatic rings. The van der Waals surface area contributed by atoms with Crippen molar-refractivity contribution in [3.63, 3.8) is 0 Å². The summed E-state index contributed by atoms with van der Waals surface area (Å²) in [7, 11) is 0. The van der Waals surface area contributed by atoms with Gasteiger partial charge in [-0.3, -0.25) is 0 Å². The molecule has 0 fully saturated rings. The summed E-state index contributed by atoms with van der Waals surface area (Å²) >= 11 is 7.84. The molecule has 1 aromatic heterocycles. The molecular formula is C11H13ClINO3. The number of halogens is 2. The van der Waals surface area contributed by atoms with E-state index in [-0.39, 0.29) is 0 Å². The SMILES string of the molecule is CCOC(=O)C(C)(C)Oc1cc(Cl)cnc1I. The van der Waals surface area contributed by atoms with Crippen LogP contribution < -0.4 is 4.74 Å². The minimum absolute atomic E-state index is 0.316. The highest BCUT2D eigenvalue weighted by Gasteiger charge is 2.32. The molecule has 0 bridgehead atoms. The van der Waals surface area contributed by atoms with Crippen molar-refractivity contribution in [3.05, 3.63) is 21.0 Å². The molecule has 6 heteroatoms. The van der Waals surface area contributed by atoms with Gasteiger partial charge in [0.25, 0.3) is 0 Å². The van der Waals surface area contributed by atoms with Crippen molar-refractivity contribution < 1.29 is 14.3 Å². The first-order valence-corrected chi connectivity index (χ1v) is 6.49. The van der Waals surface area contributed by atoms with Gasteiger partial charge in [-0.05, 0) is 43.4 Å². The van der Waals surface area contributed by atoms with E-state index in [4.69, 9.17) is 21.1 Å². The molecule has 0 saturated carbocycles. The Morgan fingerprint density at radius 2 is 2.24 bits per heavy atom. The second kappa shape index (κ2) is 5.86. The first-order chi connectivity index (χ1) is 7.86. The van der Waals surface area contributed by atoms with Crippen LogP contribution in [0.5, 0.6) is 5.75 Å². The van der Waals surface area contributed by atoms with Crippen LogP contribution in [-0.4, -0.2) is 23.2 Å². The zero-order valence-corrected chi connectivity index (χ0v) is 12.7. The molecular weight excluding hydrogens is 356 g/mol. The summed E-state index contributed by atoms with van der Waals surface area (Å²) in [5, 5.41) is 0.458. The molecule has 1 heterocycles. The summed E-state index contributed by atoms with van der Waals surface area (Å²) in [5.74, 6) is 0.0481. The Morgan fingerprint density at radius 3 is 2.82 bits per heavy atom. The molecule has 0 spiro atoms. The van der Waals surface area contributed by atoms with E-state index in [1.54, 1.807) is 26.8 Å². The van der Waals surface area contributed by atoms with E-state index in [2.05, 4.69) is 4.98 Å². The third kappa shape index (κ3) is 3.99. The Labute approximate surface area is 119 Å². The molecule has 0 atom stereocenters. The lowest BCUT2D eigenvalue weighted by Crippen LogP contribution is -2.40. The van der Waals surface area contributed by atoms with Gasteiger partial charge in [-0.25, -0.2) is 9.78 Å². The van der Waals surface area contributed by atoms with Gasteiger partial charge in [0.1, 0.15) is 3.70 Å². The summed E-state index contributed by atoms with van der Waals surface area (Å²) in [6.45, 7) is 5.35. The second-order valence-corrected chi connectivity index (χ2v) is 5.23. The van der Waals surface area contributed by atoms with Crippen LogP contribution in [0.25, 0.3) is 0 Å². The number of carbonyl (C=O) groups is 1. The van der Waals surface area contributed by atoms with Gasteiger partial charge in [0, 0.05) is 12.3 Å². The minimum atomic E-state index is -1.07. The Hall–Kier alpha value is -0.560. The van der Waals surface area contributed by atoms with E-state index in [9.17, 15) is 4.79 Å². The first kappa shape index (κ1) is 14.5. The molecule has 4 nitrogen and oxygen atoms in total.